The zero-order valence-corrected chi connectivity index (χ0v) is 28.4. The van der Waals surface area contributed by atoms with E-state index in [2.05, 4.69) is 12.6 Å². The third-order valence-corrected chi connectivity index (χ3v) is 8.29. The fourth-order valence-corrected chi connectivity index (χ4v) is 5.46. The van der Waals surface area contributed by atoms with E-state index in [0.717, 1.165) is 72.9 Å². The van der Waals surface area contributed by atoms with Crippen LogP contribution in [0.4, 0.5) is 0 Å². The van der Waals surface area contributed by atoms with Crippen molar-refractivity contribution in [3.8, 4) is 45.6 Å². The molecule has 0 aliphatic rings. The van der Waals surface area contributed by atoms with Crippen LogP contribution in [0.25, 0.3) is 22.3 Å². The lowest BCUT2D eigenvalue weighted by atomic mass is 10.0. The monoisotopic (exact) mass is 657 g/mol. The first-order chi connectivity index (χ1) is 24.0. The molecule has 49 heavy (non-hydrogen) atoms. The molecule has 0 aliphatic heterocycles. The molecule has 0 spiro atoms. The van der Waals surface area contributed by atoms with E-state index in [4.69, 9.17) is 19.5 Å². The third kappa shape index (κ3) is 13.5. The van der Waals surface area contributed by atoms with Crippen molar-refractivity contribution in [2.75, 3.05) is 6.61 Å². The van der Waals surface area contributed by atoms with Gasteiger partial charge in [0.25, 0.3) is 0 Å². The van der Waals surface area contributed by atoms with Gasteiger partial charge in [0, 0.05) is 12.8 Å². The number of allylic oxidation sites excluding steroid dienone is 1. The summed E-state index contributed by atoms with van der Waals surface area (Å²) in [4.78, 5) is 24.6. The molecule has 0 atom stereocenters. The van der Waals surface area contributed by atoms with Gasteiger partial charge in [-0.2, -0.15) is 5.26 Å². The van der Waals surface area contributed by atoms with Crippen LogP contribution in [0.2, 0.25) is 0 Å². The Morgan fingerprint density at radius 2 is 0.918 bits per heavy atom. The summed E-state index contributed by atoms with van der Waals surface area (Å²) in [5, 5.41) is 8.96. The maximum absolute atomic E-state index is 12.4. The topological polar surface area (TPSA) is 85.6 Å². The first-order valence-corrected chi connectivity index (χ1v) is 17.5. The molecule has 0 aromatic heterocycles. The summed E-state index contributed by atoms with van der Waals surface area (Å²) < 4.78 is 16.9. The molecule has 0 unspecified atom stereocenters. The lowest BCUT2D eigenvalue weighted by Gasteiger charge is -2.09. The number of unbranched alkanes of at least 4 members (excludes halogenated alkanes) is 9. The molecule has 0 aliphatic carbocycles. The van der Waals surface area contributed by atoms with Crippen LogP contribution in [0.3, 0.4) is 0 Å². The highest BCUT2D eigenvalue weighted by molar-refractivity contribution is 5.74. The second-order valence-electron chi connectivity index (χ2n) is 12.2. The largest absolute Gasteiger partial charge is 0.494 e. The normalized spacial score (nSPS) is 10.6. The quantitative estimate of drug-likeness (QED) is 0.0384. The molecule has 4 aromatic carbocycles. The summed E-state index contributed by atoms with van der Waals surface area (Å²) in [5.74, 6) is 1.42. The van der Waals surface area contributed by atoms with Crippen LogP contribution in [0, 0.1) is 11.3 Å². The van der Waals surface area contributed by atoms with Crippen LogP contribution >= 0.6 is 0 Å². The molecule has 0 heterocycles. The van der Waals surface area contributed by atoms with Gasteiger partial charge in [0.2, 0.25) is 0 Å². The SMILES string of the molecule is C=CCCCCCCCCCC(=O)Oc1ccc(-c2ccc(OC(=O)CCCCCOc3ccc(-c4ccc(C#N)cc4)cc3)cc2)cc1. The summed E-state index contributed by atoms with van der Waals surface area (Å²) in [6.45, 7) is 4.33. The van der Waals surface area contributed by atoms with Gasteiger partial charge >= 0.3 is 11.9 Å². The smallest absolute Gasteiger partial charge is 0.311 e. The number of esters is 2. The molecule has 0 radical (unpaired) electrons. The maximum Gasteiger partial charge on any atom is 0.311 e. The fraction of sp³-hybridized carbons (Fsp3) is 0.326. The third-order valence-electron chi connectivity index (χ3n) is 8.29. The van der Waals surface area contributed by atoms with Crippen molar-refractivity contribution in [2.24, 2.45) is 0 Å². The van der Waals surface area contributed by atoms with E-state index in [1.807, 2.05) is 91.0 Å². The summed E-state index contributed by atoms with van der Waals surface area (Å²) in [7, 11) is 0. The van der Waals surface area contributed by atoms with Crippen molar-refractivity contribution >= 4 is 11.9 Å². The van der Waals surface area contributed by atoms with Gasteiger partial charge in [-0.05, 0) is 109 Å². The van der Waals surface area contributed by atoms with E-state index in [1.165, 1.54) is 25.7 Å². The molecule has 0 saturated heterocycles. The van der Waals surface area contributed by atoms with Crippen molar-refractivity contribution in [1.82, 2.24) is 0 Å². The van der Waals surface area contributed by atoms with Crippen LogP contribution in [-0.2, 0) is 9.59 Å². The number of nitrogens with zero attached hydrogens (tertiary/aromatic N) is 1. The molecule has 4 rings (SSSR count). The van der Waals surface area contributed by atoms with Crippen LogP contribution in [-0.4, -0.2) is 18.5 Å². The summed E-state index contributed by atoms with van der Waals surface area (Å²) in [6.07, 6.45) is 14.3. The van der Waals surface area contributed by atoms with Gasteiger partial charge in [0.05, 0.1) is 18.2 Å². The minimum absolute atomic E-state index is 0.193. The lowest BCUT2D eigenvalue weighted by molar-refractivity contribution is -0.135. The molecule has 0 saturated carbocycles. The Labute approximate surface area is 291 Å². The molecule has 0 N–H and O–H groups in total. The lowest BCUT2D eigenvalue weighted by Crippen LogP contribution is -2.08. The van der Waals surface area contributed by atoms with Gasteiger partial charge in [-0.15, -0.1) is 6.58 Å². The Kier molecular flexibility index (Phi) is 15.7. The minimum Gasteiger partial charge on any atom is -0.494 e. The average molecular weight is 658 g/mol. The van der Waals surface area contributed by atoms with Gasteiger partial charge in [-0.1, -0.05) is 86.7 Å². The van der Waals surface area contributed by atoms with Crippen molar-refractivity contribution < 1.29 is 23.8 Å². The predicted molar refractivity (Wildman–Crippen MR) is 195 cm³/mol. The van der Waals surface area contributed by atoms with Crippen molar-refractivity contribution in [3.63, 3.8) is 0 Å². The van der Waals surface area contributed by atoms with E-state index in [-0.39, 0.29) is 11.9 Å². The van der Waals surface area contributed by atoms with Crippen molar-refractivity contribution in [1.29, 1.82) is 5.26 Å². The van der Waals surface area contributed by atoms with E-state index in [1.54, 1.807) is 12.1 Å². The van der Waals surface area contributed by atoms with Crippen LogP contribution in [0.15, 0.2) is 110 Å². The van der Waals surface area contributed by atoms with Gasteiger partial charge in [-0.3, -0.25) is 9.59 Å². The van der Waals surface area contributed by atoms with E-state index in [9.17, 15) is 9.59 Å². The summed E-state index contributed by atoms with van der Waals surface area (Å²) in [6, 6.07) is 32.4. The number of rotatable bonds is 21. The fourth-order valence-electron chi connectivity index (χ4n) is 5.46. The molecule has 0 amide bonds. The van der Waals surface area contributed by atoms with Crippen LogP contribution < -0.4 is 14.2 Å². The second kappa shape index (κ2) is 21.0. The molecule has 4 aromatic rings. The van der Waals surface area contributed by atoms with Gasteiger partial charge in [-0.25, -0.2) is 0 Å². The standard InChI is InChI=1S/C43H47NO5/c1-2-3-4-5-6-7-8-9-11-14-42(45)48-40-28-22-37(23-29-40)38-24-30-41(31-25-38)49-43(46)15-12-10-13-32-47-39-26-20-36(21-27-39)35-18-16-34(33-44)17-19-35/h2,16-31H,1,3-15,32H2. The summed E-state index contributed by atoms with van der Waals surface area (Å²) in [5.41, 5.74) is 4.72. The van der Waals surface area contributed by atoms with Gasteiger partial charge < -0.3 is 14.2 Å². The Balaban J connectivity index is 1.07. The molecule has 6 nitrogen and oxygen atoms in total. The highest BCUT2D eigenvalue weighted by Crippen LogP contribution is 2.26. The highest BCUT2D eigenvalue weighted by Gasteiger charge is 2.08. The highest BCUT2D eigenvalue weighted by atomic mass is 16.5. The number of ether oxygens (including phenoxy) is 3. The first-order valence-electron chi connectivity index (χ1n) is 17.5. The van der Waals surface area contributed by atoms with Gasteiger partial charge in [0.15, 0.2) is 0 Å². The number of benzene rings is 4. The van der Waals surface area contributed by atoms with Crippen molar-refractivity contribution in [3.05, 3.63) is 115 Å². The number of carbonyl (C=O) groups is 2. The average Bonchev–Trinajstić information content (AvgIpc) is 3.13. The molecule has 0 bridgehead atoms. The molecular weight excluding hydrogens is 610 g/mol. The van der Waals surface area contributed by atoms with Gasteiger partial charge in [0.1, 0.15) is 17.2 Å². The number of hydrogen-bond donors (Lipinski definition) is 0. The number of nitriles is 1. The van der Waals surface area contributed by atoms with Crippen LogP contribution in [0.1, 0.15) is 89.0 Å². The Morgan fingerprint density at radius 1 is 0.531 bits per heavy atom. The number of hydrogen-bond acceptors (Lipinski definition) is 6. The van der Waals surface area contributed by atoms with E-state index >= 15 is 0 Å². The maximum atomic E-state index is 12.4. The van der Waals surface area contributed by atoms with Crippen LogP contribution in [0.5, 0.6) is 17.2 Å². The molecule has 254 valence electrons. The first kappa shape index (κ1) is 36.7. The molecule has 6 heteroatoms. The van der Waals surface area contributed by atoms with E-state index < -0.39 is 0 Å². The minimum atomic E-state index is -0.252. The Bertz CT molecular complexity index is 1620. The zero-order valence-electron chi connectivity index (χ0n) is 28.4. The number of carbonyl (C=O) groups excluding carboxylic acids is 2. The Morgan fingerprint density at radius 3 is 1.37 bits per heavy atom. The Hall–Kier alpha value is -5.15. The molecular formula is C43H47NO5. The van der Waals surface area contributed by atoms with E-state index in [0.29, 0.717) is 36.5 Å². The zero-order chi connectivity index (χ0) is 34.5. The predicted octanol–water partition coefficient (Wildman–Crippen LogP) is 11.0. The van der Waals surface area contributed by atoms with Crippen molar-refractivity contribution in [2.45, 2.75) is 83.5 Å². The molecule has 0 fully saturated rings. The summed E-state index contributed by atoms with van der Waals surface area (Å²) >= 11 is 0. The second-order valence-corrected chi connectivity index (χ2v) is 12.2.